The van der Waals surface area contributed by atoms with Gasteiger partial charge >= 0.3 is 11.7 Å². The van der Waals surface area contributed by atoms with Crippen LogP contribution in [0.15, 0.2) is 24.4 Å². The monoisotopic (exact) mass is 317 g/mol. The van der Waals surface area contributed by atoms with Gasteiger partial charge in [-0.1, -0.05) is 0 Å². The smallest absolute Gasteiger partial charge is 0.326 e. The average Bonchev–Trinajstić information content (AvgIpc) is 3.02. The molecule has 1 aromatic heterocycles. The van der Waals surface area contributed by atoms with Gasteiger partial charge < -0.3 is 14.7 Å². The standard InChI is InChI=1S/C15H15N3O5/c1-23-9-4-5-10-11(7-9)16-8-13(18(21)22)14(10)17-6-2-3-12(17)15(19)20/h4-5,7-8,12H,2-3,6H2,1H3,(H,19,20). The zero-order valence-corrected chi connectivity index (χ0v) is 12.4. The molecule has 0 spiro atoms. The number of anilines is 1. The van der Waals surface area contributed by atoms with Gasteiger partial charge in [0, 0.05) is 18.0 Å². The number of nitro groups is 1. The molecule has 8 heteroatoms. The number of nitrogens with zero attached hydrogens (tertiary/aromatic N) is 3. The van der Waals surface area contributed by atoms with Gasteiger partial charge in [0.15, 0.2) is 0 Å². The van der Waals surface area contributed by atoms with E-state index in [1.165, 1.54) is 13.3 Å². The van der Waals surface area contributed by atoms with E-state index in [0.29, 0.717) is 41.7 Å². The Balaban J connectivity index is 2.25. The molecule has 0 amide bonds. The highest BCUT2D eigenvalue weighted by atomic mass is 16.6. The number of methoxy groups -OCH3 is 1. The summed E-state index contributed by atoms with van der Waals surface area (Å²) in [5, 5.41) is 21.3. The van der Waals surface area contributed by atoms with Crippen LogP contribution in [0.5, 0.6) is 5.75 Å². The van der Waals surface area contributed by atoms with Gasteiger partial charge in [-0.2, -0.15) is 0 Å². The van der Waals surface area contributed by atoms with E-state index in [1.807, 2.05) is 0 Å². The minimum atomic E-state index is -0.977. The van der Waals surface area contributed by atoms with E-state index in [0.717, 1.165) is 0 Å². The largest absolute Gasteiger partial charge is 0.497 e. The summed E-state index contributed by atoms with van der Waals surface area (Å²) in [5.74, 6) is -0.392. The fraction of sp³-hybridized carbons (Fsp3) is 0.333. The van der Waals surface area contributed by atoms with Crippen LogP contribution in [-0.4, -0.2) is 40.7 Å². The van der Waals surface area contributed by atoms with Crippen molar-refractivity contribution >= 4 is 28.2 Å². The number of carbonyl (C=O) groups is 1. The third kappa shape index (κ3) is 2.52. The molecule has 1 unspecified atom stereocenters. The van der Waals surface area contributed by atoms with Gasteiger partial charge in [-0.15, -0.1) is 0 Å². The number of carboxylic acid groups (broad SMARTS) is 1. The summed E-state index contributed by atoms with van der Waals surface area (Å²) in [7, 11) is 1.52. The Bertz CT molecular complexity index is 792. The van der Waals surface area contributed by atoms with E-state index in [2.05, 4.69) is 4.98 Å². The lowest BCUT2D eigenvalue weighted by atomic mass is 10.1. The summed E-state index contributed by atoms with van der Waals surface area (Å²) in [6.45, 7) is 0.461. The number of aliphatic carboxylic acids is 1. The number of carboxylic acids is 1. The highest BCUT2D eigenvalue weighted by Gasteiger charge is 2.35. The van der Waals surface area contributed by atoms with Crippen molar-refractivity contribution in [3.05, 3.63) is 34.5 Å². The van der Waals surface area contributed by atoms with E-state index in [9.17, 15) is 20.0 Å². The third-order valence-electron chi connectivity index (χ3n) is 4.05. The molecule has 0 aliphatic carbocycles. The normalized spacial score (nSPS) is 17.4. The van der Waals surface area contributed by atoms with Crippen LogP contribution >= 0.6 is 0 Å². The van der Waals surface area contributed by atoms with Gasteiger partial charge in [-0.3, -0.25) is 10.1 Å². The van der Waals surface area contributed by atoms with E-state index >= 15 is 0 Å². The molecule has 0 radical (unpaired) electrons. The molecule has 0 saturated carbocycles. The fourth-order valence-corrected chi connectivity index (χ4v) is 3.00. The van der Waals surface area contributed by atoms with Crippen molar-refractivity contribution in [2.24, 2.45) is 0 Å². The predicted molar refractivity (Wildman–Crippen MR) is 83.0 cm³/mol. The number of ether oxygens (including phenoxy) is 1. The van der Waals surface area contributed by atoms with Crippen molar-refractivity contribution in [2.75, 3.05) is 18.6 Å². The van der Waals surface area contributed by atoms with Crippen molar-refractivity contribution in [3.63, 3.8) is 0 Å². The maximum absolute atomic E-state index is 11.5. The molecule has 3 rings (SSSR count). The Morgan fingerprint density at radius 3 is 2.96 bits per heavy atom. The molecular weight excluding hydrogens is 302 g/mol. The lowest BCUT2D eigenvalue weighted by Gasteiger charge is -2.24. The van der Waals surface area contributed by atoms with Crippen molar-refractivity contribution < 1.29 is 19.6 Å². The second kappa shape index (κ2) is 5.71. The minimum Gasteiger partial charge on any atom is -0.497 e. The molecule has 1 aliphatic rings. The van der Waals surface area contributed by atoms with E-state index in [-0.39, 0.29) is 5.69 Å². The number of hydrogen-bond acceptors (Lipinski definition) is 6. The summed E-state index contributed by atoms with van der Waals surface area (Å²) in [5.41, 5.74) is 0.657. The van der Waals surface area contributed by atoms with Gasteiger partial charge in [0.25, 0.3) is 0 Å². The van der Waals surface area contributed by atoms with Crippen molar-refractivity contribution in [1.29, 1.82) is 0 Å². The molecule has 2 aromatic rings. The maximum Gasteiger partial charge on any atom is 0.326 e. The van der Waals surface area contributed by atoms with Crippen molar-refractivity contribution in [1.82, 2.24) is 4.98 Å². The van der Waals surface area contributed by atoms with E-state index in [1.54, 1.807) is 23.1 Å². The summed E-state index contributed by atoms with van der Waals surface area (Å²) in [6.07, 6.45) is 2.31. The highest BCUT2D eigenvalue weighted by molar-refractivity contribution is 5.98. The van der Waals surface area contributed by atoms with Crippen molar-refractivity contribution in [3.8, 4) is 5.75 Å². The van der Waals surface area contributed by atoms with Gasteiger partial charge in [0.1, 0.15) is 23.7 Å². The molecule has 1 N–H and O–H groups in total. The number of pyridine rings is 1. The van der Waals surface area contributed by atoms with Crippen LogP contribution in [-0.2, 0) is 4.79 Å². The number of fused-ring (bicyclic) bond motifs is 1. The molecule has 120 valence electrons. The number of hydrogen-bond donors (Lipinski definition) is 1. The third-order valence-corrected chi connectivity index (χ3v) is 4.05. The predicted octanol–water partition coefficient (Wildman–Crippen LogP) is 2.21. The molecule has 1 aliphatic heterocycles. The number of aromatic nitrogens is 1. The zero-order valence-electron chi connectivity index (χ0n) is 12.4. The number of benzene rings is 1. The van der Waals surface area contributed by atoms with Crippen LogP contribution < -0.4 is 9.64 Å². The molecule has 8 nitrogen and oxygen atoms in total. The van der Waals surface area contributed by atoms with Crippen LogP contribution in [0.3, 0.4) is 0 Å². The van der Waals surface area contributed by atoms with Crippen LogP contribution in [0.2, 0.25) is 0 Å². The quantitative estimate of drug-likeness (QED) is 0.680. The molecule has 0 bridgehead atoms. The summed E-state index contributed by atoms with van der Waals surface area (Å²) in [4.78, 5) is 28.0. The maximum atomic E-state index is 11.5. The van der Waals surface area contributed by atoms with E-state index in [4.69, 9.17) is 4.74 Å². The lowest BCUT2D eigenvalue weighted by Crippen LogP contribution is -2.36. The van der Waals surface area contributed by atoms with Gasteiger partial charge in [0.05, 0.1) is 17.5 Å². The zero-order chi connectivity index (χ0) is 16.6. The van der Waals surface area contributed by atoms with Crippen LogP contribution in [0.1, 0.15) is 12.8 Å². The molecule has 23 heavy (non-hydrogen) atoms. The fourth-order valence-electron chi connectivity index (χ4n) is 3.00. The Kier molecular flexibility index (Phi) is 3.73. The molecule has 1 atom stereocenters. The molecule has 1 saturated heterocycles. The van der Waals surface area contributed by atoms with Crippen LogP contribution in [0.25, 0.3) is 10.9 Å². The van der Waals surface area contributed by atoms with Crippen LogP contribution in [0.4, 0.5) is 11.4 Å². The second-order valence-corrected chi connectivity index (χ2v) is 5.32. The van der Waals surface area contributed by atoms with Crippen LogP contribution in [0, 0.1) is 10.1 Å². The molecular formula is C15H15N3O5. The highest BCUT2D eigenvalue weighted by Crippen LogP contribution is 2.39. The summed E-state index contributed by atoms with van der Waals surface area (Å²) in [6, 6.07) is 4.28. The summed E-state index contributed by atoms with van der Waals surface area (Å²) < 4.78 is 5.14. The first kappa shape index (κ1) is 15.0. The first-order chi connectivity index (χ1) is 11.0. The Morgan fingerprint density at radius 2 is 2.30 bits per heavy atom. The summed E-state index contributed by atoms with van der Waals surface area (Å²) >= 11 is 0. The molecule has 2 heterocycles. The minimum absolute atomic E-state index is 0.184. The van der Waals surface area contributed by atoms with Gasteiger partial charge in [0.2, 0.25) is 0 Å². The molecule has 1 aromatic carbocycles. The average molecular weight is 317 g/mol. The SMILES string of the molecule is COc1ccc2c(N3CCCC3C(=O)O)c([N+](=O)[O-])cnc2c1. The Hall–Kier alpha value is -2.90. The van der Waals surface area contributed by atoms with Gasteiger partial charge in [-0.05, 0) is 25.0 Å². The second-order valence-electron chi connectivity index (χ2n) is 5.32. The number of rotatable bonds is 4. The van der Waals surface area contributed by atoms with Crippen molar-refractivity contribution in [2.45, 2.75) is 18.9 Å². The lowest BCUT2D eigenvalue weighted by molar-refractivity contribution is -0.384. The van der Waals surface area contributed by atoms with Gasteiger partial charge in [-0.25, -0.2) is 9.78 Å². The first-order valence-corrected chi connectivity index (χ1v) is 7.13. The molecule has 1 fully saturated rings. The first-order valence-electron chi connectivity index (χ1n) is 7.13. The Morgan fingerprint density at radius 1 is 1.52 bits per heavy atom. The Labute approximate surface area is 131 Å². The van der Waals surface area contributed by atoms with E-state index < -0.39 is 16.9 Å². The topological polar surface area (TPSA) is 106 Å².